The van der Waals surface area contributed by atoms with E-state index in [1.54, 1.807) is 48.5 Å². The van der Waals surface area contributed by atoms with Crippen molar-refractivity contribution in [1.82, 2.24) is 4.90 Å². The number of rotatable bonds is 9. The van der Waals surface area contributed by atoms with Gasteiger partial charge in [-0.15, -0.1) is 0 Å². The second kappa shape index (κ2) is 10.7. The Kier molecular flexibility index (Phi) is 8.02. The van der Waals surface area contributed by atoms with Gasteiger partial charge in [-0.1, -0.05) is 24.3 Å². The molecule has 0 heterocycles. The number of anilines is 1. The molecular weight excluding hydrogens is 376 g/mol. The molecule has 0 aromatic heterocycles. The Morgan fingerprint density at radius 2 is 1.72 bits per heavy atom. The molecule has 2 rings (SSSR count). The first-order chi connectivity index (χ1) is 13.9. The van der Waals surface area contributed by atoms with Crippen LogP contribution in [0.25, 0.3) is 0 Å². The van der Waals surface area contributed by atoms with E-state index in [1.807, 2.05) is 6.07 Å². The number of carbonyl (C=O) groups excluding carboxylic acids is 3. The molecule has 0 aliphatic rings. The molecule has 154 valence electrons. The van der Waals surface area contributed by atoms with Crippen LogP contribution in [0.4, 0.5) is 5.69 Å². The van der Waals surface area contributed by atoms with E-state index in [1.165, 1.54) is 26.0 Å². The highest BCUT2D eigenvalue weighted by Gasteiger charge is 2.20. The number of amides is 2. The van der Waals surface area contributed by atoms with Crippen molar-refractivity contribution < 1.29 is 28.6 Å². The van der Waals surface area contributed by atoms with Crippen molar-refractivity contribution in [1.29, 1.82) is 0 Å². The van der Waals surface area contributed by atoms with Crippen molar-refractivity contribution in [2.24, 2.45) is 0 Å². The summed E-state index contributed by atoms with van der Waals surface area (Å²) in [4.78, 5) is 37.4. The van der Waals surface area contributed by atoms with Gasteiger partial charge in [-0.25, -0.2) is 4.79 Å². The average molecular weight is 400 g/mol. The summed E-state index contributed by atoms with van der Waals surface area (Å²) >= 11 is 0. The minimum Gasteiger partial charge on any atom is -0.497 e. The maximum Gasteiger partial charge on any atom is 0.347 e. The molecule has 0 unspecified atom stereocenters. The second-order valence-electron chi connectivity index (χ2n) is 6.21. The van der Waals surface area contributed by atoms with Gasteiger partial charge in [0.1, 0.15) is 11.5 Å². The zero-order chi connectivity index (χ0) is 21.2. The summed E-state index contributed by atoms with van der Waals surface area (Å²) in [5.41, 5.74) is 0.550. The molecule has 0 aliphatic heterocycles. The molecule has 8 nitrogen and oxygen atoms in total. The van der Waals surface area contributed by atoms with E-state index < -0.39 is 24.6 Å². The van der Waals surface area contributed by atoms with E-state index in [0.717, 1.165) is 0 Å². The summed E-state index contributed by atoms with van der Waals surface area (Å²) < 4.78 is 15.5. The van der Waals surface area contributed by atoms with E-state index in [-0.39, 0.29) is 12.5 Å². The Hall–Kier alpha value is -3.55. The zero-order valence-corrected chi connectivity index (χ0v) is 16.6. The fourth-order valence-electron chi connectivity index (χ4n) is 2.32. The number of carbonyl (C=O) groups is 3. The van der Waals surface area contributed by atoms with Gasteiger partial charge in [-0.05, 0) is 31.2 Å². The fraction of sp³-hybridized carbons (Fsp3) is 0.286. The molecule has 0 spiro atoms. The van der Waals surface area contributed by atoms with Crippen LogP contribution in [-0.4, -0.2) is 56.1 Å². The summed E-state index contributed by atoms with van der Waals surface area (Å²) in [6.45, 7) is 0.860. The van der Waals surface area contributed by atoms with Gasteiger partial charge in [0.25, 0.3) is 5.91 Å². The monoisotopic (exact) mass is 400 g/mol. The van der Waals surface area contributed by atoms with Crippen LogP contribution in [0, 0.1) is 0 Å². The van der Waals surface area contributed by atoms with Gasteiger partial charge < -0.3 is 24.4 Å². The van der Waals surface area contributed by atoms with E-state index in [0.29, 0.717) is 17.2 Å². The Labute approximate surface area is 169 Å². The molecular formula is C21H24N2O6. The average Bonchev–Trinajstić information content (AvgIpc) is 2.72. The molecule has 0 saturated carbocycles. The third-order valence-electron chi connectivity index (χ3n) is 3.89. The third-order valence-corrected chi connectivity index (χ3v) is 3.89. The number of ether oxygens (including phenoxy) is 3. The summed E-state index contributed by atoms with van der Waals surface area (Å²) in [6.07, 6.45) is -0.869. The molecule has 0 fully saturated rings. The number of esters is 1. The number of para-hydroxylation sites is 1. The number of nitrogens with one attached hydrogen (secondary N) is 1. The van der Waals surface area contributed by atoms with Crippen molar-refractivity contribution in [3.63, 3.8) is 0 Å². The highest BCUT2D eigenvalue weighted by atomic mass is 16.6. The van der Waals surface area contributed by atoms with Gasteiger partial charge >= 0.3 is 5.97 Å². The number of hydrogen-bond donors (Lipinski definition) is 1. The van der Waals surface area contributed by atoms with E-state index in [4.69, 9.17) is 14.2 Å². The quantitative estimate of drug-likeness (QED) is 0.648. The largest absolute Gasteiger partial charge is 0.497 e. The number of nitrogens with zero attached hydrogens (tertiary/aromatic N) is 1. The lowest BCUT2D eigenvalue weighted by Gasteiger charge is -2.18. The lowest BCUT2D eigenvalue weighted by molar-refractivity contribution is -0.157. The molecule has 2 aromatic carbocycles. The van der Waals surface area contributed by atoms with E-state index in [2.05, 4.69) is 5.32 Å². The van der Waals surface area contributed by atoms with Crippen LogP contribution < -0.4 is 14.8 Å². The van der Waals surface area contributed by atoms with Gasteiger partial charge in [0.15, 0.2) is 12.7 Å². The molecule has 0 bridgehead atoms. The Bertz CT molecular complexity index is 840. The molecule has 0 aliphatic carbocycles. The van der Waals surface area contributed by atoms with E-state index >= 15 is 0 Å². The van der Waals surface area contributed by atoms with Crippen LogP contribution in [0.2, 0.25) is 0 Å². The van der Waals surface area contributed by atoms with Gasteiger partial charge in [0, 0.05) is 18.8 Å². The van der Waals surface area contributed by atoms with E-state index in [9.17, 15) is 14.4 Å². The predicted octanol–water partition coefficient (Wildman–Crippen LogP) is 2.10. The van der Waals surface area contributed by atoms with Crippen molar-refractivity contribution in [2.75, 3.05) is 32.6 Å². The third kappa shape index (κ3) is 7.17. The Morgan fingerprint density at radius 3 is 2.41 bits per heavy atom. The number of benzene rings is 2. The lowest BCUT2D eigenvalue weighted by atomic mass is 10.3. The molecule has 0 radical (unpaired) electrons. The minimum absolute atomic E-state index is 0.191. The van der Waals surface area contributed by atoms with Crippen molar-refractivity contribution in [2.45, 2.75) is 13.0 Å². The summed E-state index contributed by atoms with van der Waals surface area (Å²) in [5.74, 6) is -0.440. The fourth-order valence-corrected chi connectivity index (χ4v) is 2.32. The van der Waals surface area contributed by atoms with Crippen LogP contribution in [0.5, 0.6) is 11.5 Å². The normalized spacial score (nSPS) is 11.1. The number of methoxy groups -OCH3 is 1. The first-order valence-electron chi connectivity index (χ1n) is 8.95. The van der Waals surface area contributed by atoms with Gasteiger partial charge in [-0.3, -0.25) is 9.59 Å². The van der Waals surface area contributed by atoms with Gasteiger partial charge in [-0.2, -0.15) is 0 Å². The van der Waals surface area contributed by atoms with Gasteiger partial charge in [0.05, 0.1) is 13.7 Å². The number of hydrogen-bond acceptors (Lipinski definition) is 6. The standard InChI is InChI=1S/C21H24N2O6/c1-15(29-17-9-5-4-6-10-17)21(26)28-14-20(25)23(2)13-19(24)22-16-8-7-11-18(12-16)27-3/h4-12,15H,13-14H2,1-3H3,(H,22,24)/t15-/m1/s1. The van der Waals surface area contributed by atoms with Crippen molar-refractivity contribution in [3.8, 4) is 11.5 Å². The number of likely N-dealkylation sites (N-methyl/N-ethyl adjacent to an activating group) is 1. The smallest absolute Gasteiger partial charge is 0.347 e. The topological polar surface area (TPSA) is 94.2 Å². The van der Waals surface area contributed by atoms with Crippen LogP contribution in [0.3, 0.4) is 0 Å². The molecule has 1 N–H and O–H groups in total. The summed E-state index contributed by atoms with van der Waals surface area (Å²) in [6, 6.07) is 15.7. The minimum atomic E-state index is -0.869. The lowest BCUT2D eigenvalue weighted by Crippen LogP contribution is -2.38. The van der Waals surface area contributed by atoms with Crippen molar-refractivity contribution >= 4 is 23.5 Å². The van der Waals surface area contributed by atoms with Gasteiger partial charge in [0.2, 0.25) is 5.91 Å². The molecule has 8 heteroatoms. The SMILES string of the molecule is COc1cccc(NC(=O)CN(C)C(=O)COC(=O)[C@@H](C)Oc2ccccc2)c1. The molecule has 1 atom stereocenters. The van der Waals surface area contributed by atoms with Crippen LogP contribution in [-0.2, 0) is 19.1 Å². The van der Waals surface area contributed by atoms with Crippen molar-refractivity contribution in [3.05, 3.63) is 54.6 Å². The van der Waals surface area contributed by atoms with Crippen LogP contribution in [0.1, 0.15) is 6.92 Å². The maximum absolute atomic E-state index is 12.1. The summed E-state index contributed by atoms with van der Waals surface area (Å²) in [5, 5.41) is 2.67. The first-order valence-corrected chi connectivity index (χ1v) is 8.95. The predicted molar refractivity (Wildman–Crippen MR) is 107 cm³/mol. The van der Waals surface area contributed by atoms with Crippen LogP contribution in [0.15, 0.2) is 54.6 Å². The zero-order valence-electron chi connectivity index (χ0n) is 16.6. The second-order valence-corrected chi connectivity index (χ2v) is 6.21. The van der Waals surface area contributed by atoms with Crippen LogP contribution >= 0.6 is 0 Å². The molecule has 0 saturated heterocycles. The maximum atomic E-state index is 12.1. The summed E-state index contributed by atoms with van der Waals surface area (Å²) in [7, 11) is 2.98. The Balaban J connectivity index is 1.76. The highest BCUT2D eigenvalue weighted by molar-refractivity contribution is 5.95. The molecule has 2 amide bonds. The molecule has 29 heavy (non-hydrogen) atoms. The molecule has 2 aromatic rings. The highest BCUT2D eigenvalue weighted by Crippen LogP contribution is 2.16. The first kappa shape index (κ1) is 21.7. The Morgan fingerprint density at radius 1 is 1.03 bits per heavy atom.